The Morgan fingerprint density at radius 2 is 1.59 bits per heavy atom. The quantitative estimate of drug-likeness (QED) is 0.386. The molecule has 0 unspecified atom stereocenters. The van der Waals surface area contributed by atoms with E-state index in [2.05, 4.69) is 71.8 Å². The number of aromatic nitrogens is 1. The molecule has 0 amide bonds. The zero-order valence-corrected chi connectivity index (χ0v) is 16.7. The van der Waals surface area contributed by atoms with Crippen LogP contribution in [0.2, 0.25) is 5.15 Å². The molecular formula is C24H27ClN2. The Balaban J connectivity index is 1.56. The lowest BCUT2D eigenvalue weighted by atomic mass is 10.0. The highest BCUT2D eigenvalue weighted by atomic mass is 35.5. The summed E-state index contributed by atoms with van der Waals surface area (Å²) in [6.07, 6.45) is 5.95. The lowest BCUT2D eigenvalue weighted by molar-refractivity contribution is 0.679. The molecule has 3 heteroatoms. The van der Waals surface area contributed by atoms with Gasteiger partial charge in [0.1, 0.15) is 5.15 Å². The maximum atomic E-state index is 6.32. The predicted molar refractivity (Wildman–Crippen MR) is 114 cm³/mol. The second kappa shape index (κ2) is 10.2. The van der Waals surface area contributed by atoms with Crippen LogP contribution >= 0.6 is 11.6 Å². The normalized spacial score (nSPS) is 10.9. The third kappa shape index (κ3) is 5.92. The van der Waals surface area contributed by atoms with E-state index in [1.165, 1.54) is 28.7 Å². The van der Waals surface area contributed by atoms with Crippen LogP contribution in [0.3, 0.4) is 0 Å². The van der Waals surface area contributed by atoms with Crippen molar-refractivity contribution in [3.63, 3.8) is 0 Å². The minimum atomic E-state index is 0.611. The van der Waals surface area contributed by atoms with Crippen molar-refractivity contribution in [3.05, 3.63) is 99.8 Å². The standard InChI is InChI=1S/C24H27ClN2/c1-2-8-21-11-6-7-12-23(21)18-26-14-13-22-16-20(17-27-24(22)25)15-19-9-4-3-5-10-19/h3-7,9-12,16-17,26H,2,8,13-15,18H2,1H3. The van der Waals surface area contributed by atoms with Crippen molar-refractivity contribution in [2.75, 3.05) is 6.54 Å². The van der Waals surface area contributed by atoms with Gasteiger partial charge in [0.05, 0.1) is 0 Å². The van der Waals surface area contributed by atoms with Crippen molar-refractivity contribution < 1.29 is 0 Å². The zero-order chi connectivity index (χ0) is 18.9. The molecule has 0 aliphatic carbocycles. The van der Waals surface area contributed by atoms with Crippen molar-refractivity contribution in [1.82, 2.24) is 10.3 Å². The molecule has 0 radical (unpaired) electrons. The molecule has 2 nitrogen and oxygen atoms in total. The van der Waals surface area contributed by atoms with Crippen molar-refractivity contribution in [2.24, 2.45) is 0 Å². The highest BCUT2D eigenvalue weighted by Crippen LogP contribution is 2.17. The van der Waals surface area contributed by atoms with Crippen LogP contribution in [0.1, 0.15) is 41.2 Å². The highest BCUT2D eigenvalue weighted by molar-refractivity contribution is 6.30. The summed E-state index contributed by atoms with van der Waals surface area (Å²) in [5.74, 6) is 0. The number of halogens is 1. The van der Waals surface area contributed by atoms with Gasteiger partial charge >= 0.3 is 0 Å². The molecule has 0 fully saturated rings. The number of pyridine rings is 1. The van der Waals surface area contributed by atoms with E-state index in [0.717, 1.165) is 37.9 Å². The molecule has 1 aromatic heterocycles. The largest absolute Gasteiger partial charge is 0.312 e. The summed E-state index contributed by atoms with van der Waals surface area (Å²) in [5, 5.41) is 4.17. The van der Waals surface area contributed by atoms with E-state index in [9.17, 15) is 0 Å². The first-order chi connectivity index (χ1) is 13.3. The number of nitrogens with one attached hydrogen (secondary N) is 1. The second-order valence-electron chi connectivity index (χ2n) is 6.90. The minimum Gasteiger partial charge on any atom is -0.312 e. The molecule has 140 valence electrons. The van der Waals surface area contributed by atoms with E-state index in [1.54, 1.807) is 0 Å². The van der Waals surface area contributed by atoms with E-state index in [0.29, 0.717) is 5.15 Å². The van der Waals surface area contributed by atoms with Crippen molar-refractivity contribution in [1.29, 1.82) is 0 Å². The predicted octanol–water partition coefficient (Wildman–Crippen LogP) is 5.61. The molecule has 3 rings (SSSR count). The average Bonchev–Trinajstić information content (AvgIpc) is 2.70. The molecule has 1 heterocycles. The van der Waals surface area contributed by atoms with Gasteiger partial charge in [-0.05, 0) is 53.6 Å². The fourth-order valence-corrected chi connectivity index (χ4v) is 3.53. The number of hydrogen-bond acceptors (Lipinski definition) is 2. The summed E-state index contributed by atoms with van der Waals surface area (Å²) < 4.78 is 0. The van der Waals surface area contributed by atoms with Gasteiger partial charge in [0.2, 0.25) is 0 Å². The fraction of sp³-hybridized carbons (Fsp3) is 0.292. The van der Waals surface area contributed by atoms with Crippen molar-refractivity contribution in [2.45, 2.75) is 39.2 Å². The molecule has 0 bridgehead atoms. The van der Waals surface area contributed by atoms with Gasteiger partial charge in [0.15, 0.2) is 0 Å². The Morgan fingerprint density at radius 1 is 0.852 bits per heavy atom. The molecule has 1 N–H and O–H groups in total. The molecule has 3 aromatic rings. The number of rotatable bonds is 9. The lowest BCUT2D eigenvalue weighted by Gasteiger charge is -2.11. The Hall–Kier alpha value is -2.16. The monoisotopic (exact) mass is 378 g/mol. The van der Waals surface area contributed by atoms with Crippen LogP contribution in [0.5, 0.6) is 0 Å². The van der Waals surface area contributed by atoms with Gasteiger partial charge in [-0.15, -0.1) is 0 Å². The van der Waals surface area contributed by atoms with Crippen molar-refractivity contribution >= 4 is 11.6 Å². The van der Waals surface area contributed by atoms with Crippen LogP contribution in [0.25, 0.3) is 0 Å². The van der Waals surface area contributed by atoms with Gasteiger partial charge in [-0.1, -0.05) is 85.6 Å². The zero-order valence-electron chi connectivity index (χ0n) is 15.9. The molecule has 0 aliphatic heterocycles. The summed E-state index contributed by atoms with van der Waals surface area (Å²) in [4.78, 5) is 4.39. The van der Waals surface area contributed by atoms with E-state index in [4.69, 9.17) is 11.6 Å². The van der Waals surface area contributed by atoms with Crippen LogP contribution < -0.4 is 5.32 Å². The summed E-state index contributed by atoms with van der Waals surface area (Å²) in [5.41, 5.74) is 6.44. The third-order valence-corrected chi connectivity index (χ3v) is 5.08. The number of aryl methyl sites for hydroxylation is 1. The maximum absolute atomic E-state index is 6.32. The Bertz CT molecular complexity index is 846. The topological polar surface area (TPSA) is 24.9 Å². The van der Waals surface area contributed by atoms with E-state index in [-0.39, 0.29) is 0 Å². The Labute approximate surface area is 167 Å². The van der Waals surface area contributed by atoms with Crippen LogP contribution in [0, 0.1) is 0 Å². The molecule has 0 atom stereocenters. The number of benzene rings is 2. The van der Waals surface area contributed by atoms with Gasteiger partial charge in [0, 0.05) is 12.7 Å². The van der Waals surface area contributed by atoms with E-state index >= 15 is 0 Å². The van der Waals surface area contributed by atoms with Crippen molar-refractivity contribution in [3.8, 4) is 0 Å². The Kier molecular flexibility index (Phi) is 7.44. The summed E-state index contributed by atoms with van der Waals surface area (Å²) in [6, 6.07) is 21.3. The van der Waals surface area contributed by atoms with Gasteiger partial charge in [-0.25, -0.2) is 4.98 Å². The molecule has 0 aliphatic rings. The first kappa shape index (κ1) is 19.6. The highest BCUT2D eigenvalue weighted by Gasteiger charge is 2.06. The summed E-state index contributed by atoms with van der Waals surface area (Å²) in [6.45, 7) is 4.00. The Morgan fingerprint density at radius 3 is 2.37 bits per heavy atom. The smallest absolute Gasteiger partial charge is 0.132 e. The number of nitrogens with zero attached hydrogens (tertiary/aromatic N) is 1. The molecule has 27 heavy (non-hydrogen) atoms. The van der Waals surface area contributed by atoms with Gasteiger partial charge in [-0.3, -0.25) is 0 Å². The second-order valence-corrected chi connectivity index (χ2v) is 7.26. The van der Waals surface area contributed by atoms with Crippen LogP contribution in [0.15, 0.2) is 66.9 Å². The molecule has 0 saturated carbocycles. The molecule has 0 saturated heterocycles. The fourth-order valence-electron chi connectivity index (χ4n) is 3.34. The van der Waals surface area contributed by atoms with Crippen LogP contribution in [-0.2, 0) is 25.8 Å². The maximum Gasteiger partial charge on any atom is 0.132 e. The first-order valence-corrected chi connectivity index (χ1v) is 10.1. The molecular weight excluding hydrogens is 352 g/mol. The van der Waals surface area contributed by atoms with Gasteiger partial charge < -0.3 is 5.32 Å². The summed E-state index contributed by atoms with van der Waals surface area (Å²) >= 11 is 6.32. The van der Waals surface area contributed by atoms with Gasteiger partial charge in [-0.2, -0.15) is 0 Å². The number of hydrogen-bond donors (Lipinski definition) is 1. The summed E-state index contributed by atoms with van der Waals surface area (Å²) in [7, 11) is 0. The molecule has 0 spiro atoms. The van der Waals surface area contributed by atoms with Crippen LogP contribution in [-0.4, -0.2) is 11.5 Å². The third-order valence-electron chi connectivity index (χ3n) is 4.74. The molecule has 2 aromatic carbocycles. The van der Waals surface area contributed by atoms with E-state index in [1.807, 2.05) is 12.3 Å². The van der Waals surface area contributed by atoms with E-state index < -0.39 is 0 Å². The lowest BCUT2D eigenvalue weighted by Crippen LogP contribution is -2.18. The van der Waals surface area contributed by atoms with Crippen LogP contribution in [0.4, 0.5) is 0 Å². The average molecular weight is 379 g/mol. The SMILES string of the molecule is CCCc1ccccc1CNCCc1cc(Cc2ccccc2)cnc1Cl. The van der Waals surface area contributed by atoms with Gasteiger partial charge in [0.25, 0.3) is 0 Å². The first-order valence-electron chi connectivity index (χ1n) is 9.71. The minimum absolute atomic E-state index is 0.611.